The SMILES string of the molecule is C=C(/C=C\C(=C/C)c1c(F)cccc1F)CC(C)C. The van der Waals surface area contributed by atoms with Crippen molar-refractivity contribution in [1.82, 2.24) is 0 Å². The van der Waals surface area contributed by atoms with E-state index in [0.29, 0.717) is 11.5 Å². The Hall–Kier alpha value is -1.70. The minimum absolute atomic E-state index is 0.0126. The van der Waals surface area contributed by atoms with Crippen LogP contribution in [-0.4, -0.2) is 0 Å². The molecule has 0 aromatic heterocycles. The third-order valence-electron chi connectivity index (χ3n) is 2.73. The third kappa shape index (κ3) is 4.47. The fourth-order valence-corrected chi connectivity index (χ4v) is 1.90. The van der Waals surface area contributed by atoms with Gasteiger partial charge in [-0.1, -0.05) is 50.3 Å². The van der Waals surface area contributed by atoms with Gasteiger partial charge < -0.3 is 0 Å². The number of allylic oxidation sites excluding steroid dienone is 5. The second-order valence-electron chi connectivity index (χ2n) is 4.93. The van der Waals surface area contributed by atoms with E-state index in [1.54, 1.807) is 19.1 Å². The van der Waals surface area contributed by atoms with E-state index >= 15 is 0 Å². The fourth-order valence-electron chi connectivity index (χ4n) is 1.90. The molecule has 0 aliphatic rings. The van der Waals surface area contributed by atoms with Crippen molar-refractivity contribution in [2.75, 3.05) is 0 Å². The largest absolute Gasteiger partial charge is 0.206 e. The number of halogens is 2. The number of rotatable bonds is 5. The zero-order valence-electron chi connectivity index (χ0n) is 11.7. The van der Waals surface area contributed by atoms with E-state index in [4.69, 9.17) is 0 Å². The smallest absolute Gasteiger partial charge is 0.133 e. The molecular weight excluding hydrogens is 242 g/mol. The van der Waals surface area contributed by atoms with Gasteiger partial charge in [0, 0.05) is 0 Å². The summed E-state index contributed by atoms with van der Waals surface area (Å²) >= 11 is 0. The summed E-state index contributed by atoms with van der Waals surface area (Å²) in [5.74, 6) is -0.587. The van der Waals surface area contributed by atoms with Crippen molar-refractivity contribution in [3.8, 4) is 0 Å². The van der Waals surface area contributed by atoms with Crippen molar-refractivity contribution in [2.24, 2.45) is 5.92 Å². The fraction of sp³-hybridized carbons (Fsp3) is 0.294. The maximum Gasteiger partial charge on any atom is 0.133 e. The lowest BCUT2D eigenvalue weighted by molar-refractivity contribution is 0.577. The third-order valence-corrected chi connectivity index (χ3v) is 2.73. The van der Waals surface area contributed by atoms with Crippen LogP contribution < -0.4 is 0 Å². The van der Waals surface area contributed by atoms with Crippen LogP contribution in [0.15, 0.2) is 48.6 Å². The van der Waals surface area contributed by atoms with Crippen LogP contribution in [0.25, 0.3) is 5.57 Å². The van der Waals surface area contributed by atoms with Gasteiger partial charge in [0.2, 0.25) is 0 Å². The molecule has 0 saturated heterocycles. The highest BCUT2D eigenvalue weighted by Crippen LogP contribution is 2.23. The average molecular weight is 262 g/mol. The molecule has 0 aliphatic carbocycles. The normalized spacial score (nSPS) is 12.4. The van der Waals surface area contributed by atoms with Crippen LogP contribution in [0.5, 0.6) is 0 Å². The lowest BCUT2D eigenvalue weighted by Crippen LogP contribution is -1.93. The zero-order valence-corrected chi connectivity index (χ0v) is 11.7. The van der Waals surface area contributed by atoms with E-state index in [-0.39, 0.29) is 5.56 Å². The topological polar surface area (TPSA) is 0 Å². The van der Waals surface area contributed by atoms with Gasteiger partial charge in [-0.15, -0.1) is 0 Å². The summed E-state index contributed by atoms with van der Waals surface area (Å²) in [4.78, 5) is 0. The van der Waals surface area contributed by atoms with E-state index in [2.05, 4.69) is 20.4 Å². The highest BCUT2D eigenvalue weighted by molar-refractivity contribution is 5.75. The standard InChI is InChI=1S/C17H20F2/c1-5-14(10-9-13(4)11-12(2)3)17-15(18)7-6-8-16(17)19/h5-10,12H,4,11H2,1-3H3/b10-9-,14-5+. The maximum absolute atomic E-state index is 13.7. The van der Waals surface area contributed by atoms with Crippen LogP contribution in [0.4, 0.5) is 8.78 Å². The van der Waals surface area contributed by atoms with Gasteiger partial charge in [0.05, 0.1) is 5.56 Å². The van der Waals surface area contributed by atoms with Crippen molar-refractivity contribution in [2.45, 2.75) is 27.2 Å². The van der Waals surface area contributed by atoms with Crippen molar-refractivity contribution in [1.29, 1.82) is 0 Å². The maximum atomic E-state index is 13.7. The first kappa shape index (κ1) is 15.4. The summed E-state index contributed by atoms with van der Waals surface area (Å²) in [5, 5.41) is 0. The highest BCUT2D eigenvalue weighted by atomic mass is 19.1. The molecule has 1 aromatic carbocycles. The number of hydrogen-bond acceptors (Lipinski definition) is 0. The first-order valence-electron chi connectivity index (χ1n) is 6.42. The van der Waals surface area contributed by atoms with Crippen LogP contribution in [0, 0.1) is 17.6 Å². The van der Waals surface area contributed by atoms with E-state index in [0.717, 1.165) is 12.0 Å². The van der Waals surface area contributed by atoms with Gasteiger partial charge in [0.1, 0.15) is 11.6 Å². The molecule has 0 N–H and O–H groups in total. The van der Waals surface area contributed by atoms with Crippen molar-refractivity contribution < 1.29 is 8.78 Å². The molecule has 102 valence electrons. The zero-order chi connectivity index (χ0) is 14.4. The number of benzene rings is 1. The van der Waals surface area contributed by atoms with Crippen molar-refractivity contribution in [3.05, 3.63) is 65.8 Å². The Morgan fingerprint density at radius 2 is 1.79 bits per heavy atom. The summed E-state index contributed by atoms with van der Waals surface area (Å²) in [7, 11) is 0. The van der Waals surface area contributed by atoms with Gasteiger partial charge >= 0.3 is 0 Å². The molecule has 0 bridgehead atoms. The van der Waals surface area contributed by atoms with E-state index in [1.165, 1.54) is 18.2 Å². The van der Waals surface area contributed by atoms with E-state index in [9.17, 15) is 8.78 Å². The molecule has 2 heteroatoms. The summed E-state index contributed by atoms with van der Waals surface area (Å²) in [6.45, 7) is 9.91. The molecule has 0 nitrogen and oxygen atoms in total. The summed E-state index contributed by atoms with van der Waals surface area (Å²) in [6.07, 6.45) is 6.10. The molecule has 0 spiro atoms. The van der Waals surface area contributed by atoms with Crippen LogP contribution in [-0.2, 0) is 0 Å². The molecule has 0 radical (unpaired) electrons. The minimum atomic E-state index is -0.549. The lowest BCUT2D eigenvalue weighted by atomic mass is 10.0. The van der Waals surface area contributed by atoms with Gasteiger partial charge in [0.15, 0.2) is 0 Å². The predicted molar refractivity (Wildman–Crippen MR) is 77.7 cm³/mol. The first-order chi connectivity index (χ1) is 8.95. The summed E-state index contributed by atoms with van der Waals surface area (Å²) in [6, 6.07) is 3.89. The summed E-state index contributed by atoms with van der Waals surface area (Å²) in [5.41, 5.74) is 1.49. The first-order valence-corrected chi connectivity index (χ1v) is 6.42. The lowest BCUT2D eigenvalue weighted by Gasteiger charge is -2.07. The van der Waals surface area contributed by atoms with Gasteiger partial charge in [-0.3, -0.25) is 0 Å². The van der Waals surface area contributed by atoms with E-state index < -0.39 is 11.6 Å². The van der Waals surface area contributed by atoms with Crippen LogP contribution in [0.2, 0.25) is 0 Å². The van der Waals surface area contributed by atoms with Crippen molar-refractivity contribution >= 4 is 5.57 Å². The molecule has 1 rings (SSSR count). The molecule has 0 aliphatic heterocycles. The molecule has 0 atom stereocenters. The van der Waals surface area contributed by atoms with Crippen molar-refractivity contribution in [3.63, 3.8) is 0 Å². The molecule has 0 amide bonds. The van der Waals surface area contributed by atoms with Crippen LogP contribution >= 0.6 is 0 Å². The van der Waals surface area contributed by atoms with Crippen LogP contribution in [0.3, 0.4) is 0 Å². The Bertz CT molecular complexity index is 488. The highest BCUT2D eigenvalue weighted by Gasteiger charge is 2.10. The molecule has 0 heterocycles. The molecule has 0 fully saturated rings. The average Bonchev–Trinajstić information content (AvgIpc) is 2.31. The summed E-state index contributed by atoms with van der Waals surface area (Å²) < 4.78 is 27.4. The second-order valence-corrected chi connectivity index (χ2v) is 4.93. The Morgan fingerprint density at radius 1 is 1.21 bits per heavy atom. The quantitative estimate of drug-likeness (QED) is 0.612. The second kappa shape index (κ2) is 7.03. The van der Waals surface area contributed by atoms with Gasteiger partial charge in [-0.05, 0) is 37.0 Å². The monoisotopic (exact) mass is 262 g/mol. The molecule has 19 heavy (non-hydrogen) atoms. The molecule has 1 aromatic rings. The Labute approximate surface area is 114 Å². The van der Waals surface area contributed by atoms with E-state index in [1.807, 2.05) is 6.08 Å². The van der Waals surface area contributed by atoms with Crippen LogP contribution in [0.1, 0.15) is 32.8 Å². The molecule has 0 saturated carbocycles. The molecule has 0 unspecified atom stereocenters. The number of hydrogen-bond donors (Lipinski definition) is 0. The Morgan fingerprint density at radius 3 is 2.26 bits per heavy atom. The predicted octanol–water partition coefficient (Wildman–Crippen LogP) is 5.53. The minimum Gasteiger partial charge on any atom is -0.206 e. The Kier molecular flexibility index (Phi) is 5.68. The van der Waals surface area contributed by atoms with Gasteiger partial charge in [-0.2, -0.15) is 0 Å². The van der Waals surface area contributed by atoms with Gasteiger partial charge in [-0.25, -0.2) is 8.78 Å². The molecular formula is C17H20F2. The van der Waals surface area contributed by atoms with Gasteiger partial charge in [0.25, 0.3) is 0 Å². The Balaban J connectivity index is 2.98.